The van der Waals surface area contributed by atoms with Crippen LogP contribution in [0, 0.1) is 0 Å². The van der Waals surface area contributed by atoms with Gasteiger partial charge in [-0.1, -0.05) is 6.07 Å². The Morgan fingerprint density at radius 2 is 1.93 bits per heavy atom. The van der Waals surface area contributed by atoms with Crippen molar-refractivity contribution >= 4 is 12.4 Å². The van der Waals surface area contributed by atoms with Crippen molar-refractivity contribution in [2.24, 2.45) is 0 Å². The molecular formula is C9H9F2O3P. The summed E-state index contributed by atoms with van der Waals surface area (Å²) >= 11 is 0. The number of fused-ring (bicyclic) bond motifs is 1. The lowest BCUT2D eigenvalue weighted by atomic mass is 10.3. The first-order valence-corrected chi connectivity index (χ1v) is 6.84. The first-order chi connectivity index (χ1) is 6.80. The Labute approximate surface area is 85.4 Å². The molecule has 2 rings (SSSR count). The SMILES string of the molecule is CP(C)(=O)c1cccc2c1OC(F)(F)O2. The lowest BCUT2D eigenvalue weighted by molar-refractivity contribution is -0.286. The van der Waals surface area contributed by atoms with E-state index in [1.807, 2.05) is 0 Å². The number of benzene rings is 1. The molecule has 0 atom stereocenters. The minimum atomic E-state index is -3.66. The third kappa shape index (κ3) is 1.84. The zero-order valence-electron chi connectivity index (χ0n) is 8.16. The highest BCUT2D eigenvalue weighted by molar-refractivity contribution is 7.70. The molecule has 0 aliphatic carbocycles. The second-order valence-electron chi connectivity index (χ2n) is 3.62. The van der Waals surface area contributed by atoms with E-state index in [0.717, 1.165) is 0 Å². The van der Waals surface area contributed by atoms with Crippen LogP contribution in [0.3, 0.4) is 0 Å². The van der Waals surface area contributed by atoms with Crippen molar-refractivity contribution in [2.75, 3.05) is 13.3 Å². The summed E-state index contributed by atoms with van der Waals surface area (Å²) < 4.78 is 45.9. The van der Waals surface area contributed by atoms with E-state index >= 15 is 0 Å². The molecule has 0 aromatic heterocycles. The number of rotatable bonds is 1. The fraction of sp³-hybridized carbons (Fsp3) is 0.333. The molecule has 0 radical (unpaired) electrons. The highest BCUT2D eigenvalue weighted by atomic mass is 31.2. The van der Waals surface area contributed by atoms with Crippen molar-refractivity contribution in [2.45, 2.75) is 6.29 Å². The summed E-state index contributed by atoms with van der Waals surface area (Å²) in [5, 5.41) is 0.275. The van der Waals surface area contributed by atoms with E-state index in [9.17, 15) is 13.3 Å². The molecule has 0 unspecified atom stereocenters. The molecule has 0 saturated heterocycles. The van der Waals surface area contributed by atoms with E-state index in [1.165, 1.54) is 31.5 Å². The summed E-state index contributed by atoms with van der Waals surface area (Å²) in [5.74, 6) is -0.183. The number of para-hydroxylation sites is 1. The van der Waals surface area contributed by atoms with Gasteiger partial charge in [-0.3, -0.25) is 0 Å². The summed E-state index contributed by atoms with van der Waals surface area (Å²) in [6, 6.07) is 4.37. The van der Waals surface area contributed by atoms with Gasteiger partial charge in [0.05, 0.1) is 5.30 Å². The molecule has 1 aromatic carbocycles. The van der Waals surface area contributed by atoms with Gasteiger partial charge in [-0.25, -0.2) is 0 Å². The van der Waals surface area contributed by atoms with Crippen LogP contribution in [-0.2, 0) is 4.57 Å². The van der Waals surface area contributed by atoms with Crippen LogP contribution in [0.2, 0.25) is 0 Å². The zero-order valence-corrected chi connectivity index (χ0v) is 9.05. The van der Waals surface area contributed by atoms with Crippen molar-refractivity contribution in [1.82, 2.24) is 0 Å². The summed E-state index contributed by atoms with van der Waals surface area (Å²) in [6.45, 7) is 2.98. The summed E-state index contributed by atoms with van der Waals surface area (Å²) in [5.41, 5.74) is 0. The largest absolute Gasteiger partial charge is 0.586 e. The van der Waals surface area contributed by atoms with Crippen molar-refractivity contribution in [3.05, 3.63) is 18.2 Å². The molecule has 0 spiro atoms. The Kier molecular flexibility index (Phi) is 2.05. The van der Waals surface area contributed by atoms with Crippen LogP contribution in [-0.4, -0.2) is 19.6 Å². The second-order valence-corrected chi connectivity index (χ2v) is 6.81. The predicted molar refractivity (Wildman–Crippen MR) is 51.7 cm³/mol. The van der Waals surface area contributed by atoms with Gasteiger partial charge in [-0.2, -0.15) is 0 Å². The maximum Gasteiger partial charge on any atom is 0.586 e. The monoisotopic (exact) mass is 234 g/mol. The van der Waals surface area contributed by atoms with E-state index in [4.69, 9.17) is 0 Å². The number of hydrogen-bond donors (Lipinski definition) is 0. The van der Waals surface area contributed by atoms with E-state index in [1.54, 1.807) is 0 Å². The number of hydrogen-bond acceptors (Lipinski definition) is 3. The molecule has 0 fully saturated rings. The predicted octanol–water partition coefficient (Wildman–Crippen LogP) is 2.26. The van der Waals surface area contributed by atoms with Gasteiger partial charge >= 0.3 is 6.29 Å². The van der Waals surface area contributed by atoms with E-state index in [-0.39, 0.29) is 16.8 Å². The summed E-state index contributed by atoms with van der Waals surface area (Å²) in [4.78, 5) is 0. The molecule has 15 heavy (non-hydrogen) atoms. The van der Waals surface area contributed by atoms with Crippen molar-refractivity contribution in [3.8, 4) is 11.5 Å². The van der Waals surface area contributed by atoms with Gasteiger partial charge < -0.3 is 14.0 Å². The summed E-state index contributed by atoms with van der Waals surface area (Å²) in [7, 11) is -2.65. The lowest BCUT2D eigenvalue weighted by Gasteiger charge is -2.09. The molecule has 0 N–H and O–H groups in total. The molecule has 1 aromatic rings. The first kappa shape index (κ1) is 10.4. The molecular weight excluding hydrogens is 225 g/mol. The van der Waals surface area contributed by atoms with Gasteiger partial charge in [0, 0.05) is 0 Å². The fourth-order valence-electron chi connectivity index (χ4n) is 1.38. The number of alkyl halides is 2. The van der Waals surface area contributed by atoms with Gasteiger partial charge in [0.1, 0.15) is 7.14 Å². The highest BCUT2D eigenvalue weighted by Crippen LogP contribution is 2.47. The Morgan fingerprint density at radius 3 is 2.53 bits per heavy atom. The second kappa shape index (κ2) is 2.95. The number of ether oxygens (including phenoxy) is 2. The standard InChI is InChI=1S/C9H9F2O3P/c1-15(2,12)7-5-3-4-6-8(7)14-9(10,11)13-6/h3-5H,1-2H3. The zero-order chi connectivity index (χ0) is 11.3. The fourth-order valence-corrected chi connectivity index (χ4v) is 2.47. The van der Waals surface area contributed by atoms with Crippen LogP contribution < -0.4 is 14.8 Å². The molecule has 0 bridgehead atoms. The van der Waals surface area contributed by atoms with Crippen LogP contribution in [0.15, 0.2) is 18.2 Å². The third-order valence-corrected chi connectivity index (χ3v) is 3.50. The van der Waals surface area contributed by atoms with Crippen molar-refractivity contribution in [3.63, 3.8) is 0 Å². The van der Waals surface area contributed by atoms with Crippen molar-refractivity contribution in [1.29, 1.82) is 0 Å². The molecule has 82 valence electrons. The normalized spacial score (nSPS) is 17.9. The van der Waals surface area contributed by atoms with E-state index in [2.05, 4.69) is 9.47 Å². The van der Waals surface area contributed by atoms with Gasteiger partial charge in [0.2, 0.25) is 0 Å². The molecule has 1 heterocycles. The van der Waals surface area contributed by atoms with Crippen LogP contribution in [0.1, 0.15) is 0 Å². The minimum Gasteiger partial charge on any atom is -0.395 e. The van der Waals surface area contributed by atoms with Crippen LogP contribution in [0.4, 0.5) is 8.78 Å². The molecule has 6 heteroatoms. The molecule has 0 amide bonds. The smallest absolute Gasteiger partial charge is 0.395 e. The van der Waals surface area contributed by atoms with Crippen LogP contribution >= 0.6 is 7.14 Å². The Balaban J connectivity index is 2.56. The van der Waals surface area contributed by atoms with Crippen molar-refractivity contribution < 1.29 is 22.8 Å². The van der Waals surface area contributed by atoms with E-state index in [0.29, 0.717) is 0 Å². The Morgan fingerprint density at radius 1 is 1.27 bits per heavy atom. The van der Waals surface area contributed by atoms with Gasteiger partial charge in [-0.05, 0) is 25.5 Å². The number of halogens is 2. The quantitative estimate of drug-likeness (QED) is 0.699. The first-order valence-electron chi connectivity index (χ1n) is 4.24. The molecule has 1 aliphatic rings. The maximum absolute atomic E-state index is 12.8. The van der Waals surface area contributed by atoms with E-state index < -0.39 is 13.4 Å². The Bertz CT molecular complexity index is 453. The highest BCUT2D eigenvalue weighted by Gasteiger charge is 2.45. The Hall–Kier alpha value is -1.09. The summed E-state index contributed by atoms with van der Waals surface area (Å²) in [6.07, 6.45) is -3.66. The van der Waals surface area contributed by atoms with Gasteiger partial charge in [0.25, 0.3) is 0 Å². The lowest BCUT2D eigenvalue weighted by Crippen LogP contribution is -2.26. The average Bonchev–Trinajstić information content (AvgIpc) is 2.35. The molecule has 0 saturated carbocycles. The van der Waals surface area contributed by atoms with Gasteiger partial charge in [-0.15, -0.1) is 8.78 Å². The van der Waals surface area contributed by atoms with Crippen LogP contribution in [0.25, 0.3) is 0 Å². The average molecular weight is 234 g/mol. The molecule has 1 aliphatic heterocycles. The maximum atomic E-state index is 12.8. The third-order valence-electron chi connectivity index (χ3n) is 1.99. The molecule has 3 nitrogen and oxygen atoms in total. The van der Waals surface area contributed by atoms with Gasteiger partial charge in [0.15, 0.2) is 11.5 Å². The van der Waals surface area contributed by atoms with Crippen LogP contribution in [0.5, 0.6) is 11.5 Å². The minimum absolute atomic E-state index is 0.0681. The topological polar surface area (TPSA) is 35.5 Å².